The molecule has 0 aliphatic rings. The summed E-state index contributed by atoms with van der Waals surface area (Å²) < 4.78 is 13.0. The lowest BCUT2D eigenvalue weighted by molar-refractivity contribution is -0.112. The van der Waals surface area contributed by atoms with Crippen molar-refractivity contribution in [2.45, 2.75) is 13.8 Å². The third kappa shape index (κ3) is 3.17. The second kappa shape index (κ2) is 5.08. The largest absolute Gasteiger partial charge is 0.294 e. The van der Waals surface area contributed by atoms with Crippen molar-refractivity contribution in [3.8, 4) is 0 Å². The first-order valence-corrected chi connectivity index (χ1v) is 5.11. The molecular weight excluding hydrogens is 215 g/mol. The van der Waals surface area contributed by atoms with Crippen LogP contribution in [0.2, 0.25) is 0 Å². The highest BCUT2D eigenvalue weighted by molar-refractivity contribution is 6.29. The molecule has 0 heterocycles. The van der Waals surface area contributed by atoms with Crippen LogP contribution in [0.5, 0.6) is 0 Å². The lowest BCUT2D eigenvalue weighted by Crippen LogP contribution is -1.94. The van der Waals surface area contributed by atoms with Gasteiger partial charge in [-0.1, -0.05) is 6.08 Å². The minimum Gasteiger partial charge on any atom is -0.294 e. The molecule has 0 radical (unpaired) electrons. The average molecular weight is 227 g/mol. The Morgan fingerprint density at radius 2 is 1.93 bits per heavy atom. The number of hydrogen-bond acceptors (Lipinski definition) is 1. The zero-order valence-electron chi connectivity index (χ0n) is 8.68. The van der Waals surface area contributed by atoms with Gasteiger partial charge in [0.1, 0.15) is 5.82 Å². The molecular formula is C12H12ClFO. The maximum Gasteiger partial charge on any atom is 0.170 e. The molecule has 15 heavy (non-hydrogen) atoms. The molecule has 3 heteroatoms. The van der Waals surface area contributed by atoms with Gasteiger partial charge < -0.3 is 0 Å². The van der Waals surface area contributed by atoms with E-state index in [1.807, 2.05) is 0 Å². The molecule has 0 bridgehead atoms. The minimum atomic E-state index is -0.259. The summed E-state index contributed by atoms with van der Waals surface area (Å²) in [5, 5.41) is 0. The Morgan fingerprint density at radius 3 is 2.40 bits per heavy atom. The molecule has 0 spiro atoms. The average Bonchev–Trinajstić information content (AvgIpc) is 2.15. The molecule has 1 aromatic carbocycles. The summed E-state index contributed by atoms with van der Waals surface area (Å²) in [5.41, 5.74) is 2.49. The molecule has 0 aromatic heterocycles. The van der Waals surface area contributed by atoms with Gasteiger partial charge in [-0.2, -0.15) is 0 Å². The Hall–Kier alpha value is -1.15. The maximum absolute atomic E-state index is 13.0. The van der Waals surface area contributed by atoms with E-state index < -0.39 is 0 Å². The summed E-state index contributed by atoms with van der Waals surface area (Å²) in [7, 11) is 0. The molecule has 0 N–H and O–H groups in total. The zero-order valence-corrected chi connectivity index (χ0v) is 9.44. The first-order chi connectivity index (χ1) is 7.04. The molecule has 0 saturated heterocycles. The number of alkyl halides is 1. The van der Waals surface area contributed by atoms with Crippen LogP contribution in [0.4, 0.5) is 4.39 Å². The van der Waals surface area contributed by atoms with Crippen molar-refractivity contribution in [2.75, 3.05) is 5.88 Å². The van der Waals surface area contributed by atoms with Gasteiger partial charge in [-0.05, 0) is 48.7 Å². The second-order valence-corrected chi connectivity index (χ2v) is 3.65. The number of ketones is 1. The van der Waals surface area contributed by atoms with E-state index in [2.05, 4.69) is 0 Å². The van der Waals surface area contributed by atoms with Crippen molar-refractivity contribution in [1.29, 1.82) is 0 Å². The summed E-state index contributed by atoms with van der Waals surface area (Å²) >= 11 is 5.36. The van der Waals surface area contributed by atoms with Crippen molar-refractivity contribution in [3.63, 3.8) is 0 Å². The summed E-state index contributed by atoms with van der Waals surface area (Å²) in [5.74, 6) is -0.443. The Balaban J connectivity index is 3.05. The molecule has 0 unspecified atom stereocenters. The lowest BCUT2D eigenvalue weighted by Gasteiger charge is -2.04. The normalized spacial score (nSPS) is 10.9. The molecule has 0 fully saturated rings. The monoisotopic (exact) mass is 226 g/mol. The first kappa shape index (κ1) is 11.9. The van der Waals surface area contributed by atoms with Crippen LogP contribution in [0, 0.1) is 19.7 Å². The Bertz CT molecular complexity index is 387. The first-order valence-electron chi connectivity index (χ1n) is 4.58. The zero-order chi connectivity index (χ0) is 11.4. The quantitative estimate of drug-likeness (QED) is 0.571. The van der Waals surface area contributed by atoms with Gasteiger partial charge in [0, 0.05) is 0 Å². The number of hydrogen-bond donors (Lipinski definition) is 0. The Morgan fingerprint density at radius 1 is 1.40 bits per heavy atom. The van der Waals surface area contributed by atoms with Crippen molar-refractivity contribution in [1.82, 2.24) is 0 Å². The van der Waals surface area contributed by atoms with Gasteiger partial charge in [0.05, 0.1) is 5.88 Å². The smallest absolute Gasteiger partial charge is 0.170 e. The summed E-state index contributed by atoms with van der Waals surface area (Å²) in [4.78, 5) is 11.0. The van der Waals surface area contributed by atoms with E-state index in [9.17, 15) is 9.18 Å². The number of benzene rings is 1. The van der Waals surface area contributed by atoms with Crippen LogP contribution < -0.4 is 0 Å². The number of aryl methyl sites for hydroxylation is 2. The topological polar surface area (TPSA) is 17.1 Å². The van der Waals surface area contributed by atoms with E-state index in [1.54, 1.807) is 19.9 Å². The van der Waals surface area contributed by atoms with Crippen LogP contribution in [0.1, 0.15) is 16.7 Å². The van der Waals surface area contributed by atoms with Crippen LogP contribution in [0.3, 0.4) is 0 Å². The van der Waals surface area contributed by atoms with Crippen LogP contribution in [-0.2, 0) is 4.79 Å². The molecule has 1 aromatic rings. The van der Waals surface area contributed by atoms with Crippen LogP contribution in [0.25, 0.3) is 6.08 Å². The van der Waals surface area contributed by atoms with Gasteiger partial charge in [-0.3, -0.25) is 4.79 Å². The van der Waals surface area contributed by atoms with Gasteiger partial charge in [0.15, 0.2) is 5.78 Å². The van der Waals surface area contributed by atoms with Crippen molar-refractivity contribution >= 4 is 23.5 Å². The number of allylic oxidation sites excluding steroid dienone is 1. The van der Waals surface area contributed by atoms with E-state index in [0.29, 0.717) is 0 Å². The van der Waals surface area contributed by atoms with Crippen molar-refractivity contribution < 1.29 is 9.18 Å². The van der Waals surface area contributed by atoms with Crippen LogP contribution >= 0.6 is 11.6 Å². The summed E-state index contributed by atoms with van der Waals surface area (Å²) in [6, 6.07) is 2.88. The van der Waals surface area contributed by atoms with Gasteiger partial charge in [-0.25, -0.2) is 4.39 Å². The van der Waals surface area contributed by atoms with Gasteiger partial charge >= 0.3 is 0 Å². The highest BCUT2D eigenvalue weighted by Gasteiger charge is 2.02. The van der Waals surface area contributed by atoms with Crippen LogP contribution in [-0.4, -0.2) is 11.7 Å². The third-order valence-corrected chi connectivity index (χ3v) is 2.39. The third-order valence-electron chi connectivity index (χ3n) is 2.13. The molecule has 1 nitrogen and oxygen atoms in total. The number of halogens is 2. The van der Waals surface area contributed by atoms with Gasteiger partial charge in [0.25, 0.3) is 0 Å². The summed E-state index contributed by atoms with van der Waals surface area (Å²) in [6.07, 6.45) is 3.09. The summed E-state index contributed by atoms with van der Waals surface area (Å²) in [6.45, 7) is 3.61. The molecule has 0 saturated carbocycles. The Labute approximate surface area is 93.6 Å². The van der Waals surface area contributed by atoms with Gasteiger partial charge in [0.2, 0.25) is 0 Å². The predicted molar refractivity (Wildman–Crippen MR) is 60.6 cm³/mol. The van der Waals surface area contributed by atoms with Crippen molar-refractivity contribution in [3.05, 3.63) is 40.7 Å². The molecule has 0 aliphatic heterocycles. The highest BCUT2D eigenvalue weighted by atomic mass is 35.5. The van der Waals surface area contributed by atoms with E-state index >= 15 is 0 Å². The standard InChI is InChI=1S/C12H12ClFO/c1-8-5-10(14)6-9(2)12(8)4-3-11(15)7-13/h3-6H,7H2,1-2H3/b4-3+. The molecule has 80 valence electrons. The number of carbonyl (C=O) groups is 1. The highest BCUT2D eigenvalue weighted by Crippen LogP contribution is 2.17. The van der Waals surface area contributed by atoms with E-state index in [0.717, 1.165) is 16.7 Å². The number of carbonyl (C=O) groups excluding carboxylic acids is 1. The fourth-order valence-corrected chi connectivity index (χ4v) is 1.49. The predicted octanol–water partition coefficient (Wildman–Crippen LogP) is 3.26. The van der Waals surface area contributed by atoms with E-state index in [-0.39, 0.29) is 17.5 Å². The van der Waals surface area contributed by atoms with Gasteiger partial charge in [-0.15, -0.1) is 11.6 Å². The van der Waals surface area contributed by atoms with E-state index in [1.165, 1.54) is 18.2 Å². The molecule has 0 aliphatic carbocycles. The number of rotatable bonds is 3. The van der Waals surface area contributed by atoms with E-state index in [4.69, 9.17) is 11.6 Å². The van der Waals surface area contributed by atoms with Crippen molar-refractivity contribution in [2.24, 2.45) is 0 Å². The molecule has 0 atom stereocenters. The fourth-order valence-electron chi connectivity index (χ4n) is 1.41. The maximum atomic E-state index is 13.0. The SMILES string of the molecule is Cc1cc(F)cc(C)c1/C=C/C(=O)CCl. The Kier molecular flexibility index (Phi) is 4.04. The fraction of sp³-hybridized carbons (Fsp3) is 0.250. The molecule has 0 amide bonds. The lowest BCUT2D eigenvalue weighted by atomic mass is 10.0. The van der Waals surface area contributed by atoms with Crippen LogP contribution in [0.15, 0.2) is 18.2 Å². The minimum absolute atomic E-state index is 0.0320. The second-order valence-electron chi connectivity index (χ2n) is 3.39. The molecule has 1 rings (SSSR count).